The Kier molecular flexibility index (Phi) is 11.9. The van der Waals surface area contributed by atoms with Crippen LogP contribution in [0.25, 0.3) is 0 Å². The van der Waals surface area contributed by atoms with Crippen LogP contribution in [0.5, 0.6) is 11.5 Å². The van der Waals surface area contributed by atoms with Gasteiger partial charge in [0.05, 0.1) is 24.8 Å². The fourth-order valence-electron chi connectivity index (χ4n) is 5.87. The first-order valence-corrected chi connectivity index (χ1v) is 17.4. The molecule has 1 saturated carbocycles. The molecule has 46 heavy (non-hydrogen) atoms. The Bertz CT molecular complexity index is 1640. The van der Waals surface area contributed by atoms with E-state index in [1.54, 1.807) is 30.3 Å². The van der Waals surface area contributed by atoms with E-state index in [1.165, 1.54) is 37.3 Å². The number of nitrogens with zero attached hydrogens (tertiary/aromatic N) is 2. The van der Waals surface area contributed by atoms with E-state index in [4.69, 9.17) is 32.7 Å². The van der Waals surface area contributed by atoms with Gasteiger partial charge in [0.25, 0.3) is 10.0 Å². The van der Waals surface area contributed by atoms with E-state index in [-0.39, 0.29) is 29.1 Å². The third kappa shape index (κ3) is 8.08. The minimum absolute atomic E-state index is 0.0274. The fraction of sp³-hybridized carbons (Fsp3) is 0.412. The van der Waals surface area contributed by atoms with Crippen LogP contribution in [0.3, 0.4) is 0 Å². The SMILES string of the molecule is CCC(C(=O)NC1CCCC1)N(Cc1c(Cl)cccc1Cl)C(=O)CN(c1cc(C)cc(C)c1)S(=O)(=O)c1ccc(OC)c(OC)c1. The van der Waals surface area contributed by atoms with Crippen molar-refractivity contribution in [1.29, 1.82) is 0 Å². The molecular formula is C34H41Cl2N3O6S. The Balaban J connectivity index is 1.80. The number of aryl methyl sites for hydroxylation is 2. The van der Waals surface area contributed by atoms with Gasteiger partial charge in [-0.2, -0.15) is 0 Å². The standard InChI is InChI=1S/C34H41Cl2N3O6S/c1-6-30(34(41)37-24-10-7-8-11-24)38(20-27-28(35)12-9-13-29(27)36)33(40)21-39(25-17-22(2)16-23(3)18-25)46(42,43)26-14-15-31(44-4)32(19-26)45-5/h9,12-19,24,30H,6-8,10-11,20-21H2,1-5H3,(H,37,41). The molecule has 0 heterocycles. The highest BCUT2D eigenvalue weighted by molar-refractivity contribution is 7.92. The number of methoxy groups -OCH3 is 2. The number of carbonyl (C=O) groups excluding carboxylic acids is 2. The van der Waals surface area contributed by atoms with Gasteiger partial charge in [0.2, 0.25) is 11.8 Å². The zero-order chi connectivity index (χ0) is 33.6. The van der Waals surface area contributed by atoms with Gasteiger partial charge in [0.1, 0.15) is 12.6 Å². The predicted octanol–water partition coefficient (Wildman–Crippen LogP) is 6.69. The van der Waals surface area contributed by atoms with Crippen LogP contribution in [-0.2, 0) is 26.2 Å². The van der Waals surface area contributed by atoms with Crippen LogP contribution in [0.2, 0.25) is 10.0 Å². The van der Waals surface area contributed by atoms with Gasteiger partial charge in [-0.05, 0) is 80.6 Å². The van der Waals surface area contributed by atoms with Crippen molar-refractivity contribution >= 4 is 50.7 Å². The molecule has 12 heteroatoms. The first-order valence-electron chi connectivity index (χ1n) is 15.2. The average Bonchev–Trinajstić information content (AvgIpc) is 3.53. The molecule has 3 aromatic rings. The molecule has 0 saturated heterocycles. The van der Waals surface area contributed by atoms with Gasteiger partial charge < -0.3 is 19.7 Å². The van der Waals surface area contributed by atoms with Crippen molar-refractivity contribution in [1.82, 2.24) is 10.2 Å². The molecule has 0 aliphatic heterocycles. The molecule has 0 aromatic heterocycles. The maximum atomic E-state index is 14.5. The van der Waals surface area contributed by atoms with Gasteiger partial charge in [-0.15, -0.1) is 0 Å². The largest absolute Gasteiger partial charge is 0.493 e. The molecule has 0 radical (unpaired) electrons. The summed E-state index contributed by atoms with van der Waals surface area (Å²) in [7, 11) is -1.46. The van der Waals surface area contributed by atoms with E-state index >= 15 is 0 Å². The lowest BCUT2D eigenvalue weighted by molar-refractivity contribution is -0.140. The molecule has 1 unspecified atom stereocenters. The maximum absolute atomic E-state index is 14.5. The topological polar surface area (TPSA) is 105 Å². The number of halogens is 2. The summed E-state index contributed by atoms with van der Waals surface area (Å²) in [6.07, 6.45) is 4.09. The number of hydrogen-bond donors (Lipinski definition) is 1. The van der Waals surface area contributed by atoms with E-state index in [0.717, 1.165) is 41.1 Å². The van der Waals surface area contributed by atoms with Crippen LogP contribution in [0.1, 0.15) is 55.7 Å². The van der Waals surface area contributed by atoms with E-state index < -0.39 is 28.5 Å². The van der Waals surface area contributed by atoms with Gasteiger partial charge in [-0.25, -0.2) is 8.42 Å². The maximum Gasteiger partial charge on any atom is 0.264 e. The van der Waals surface area contributed by atoms with E-state index in [1.807, 2.05) is 26.8 Å². The van der Waals surface area contributed by atoms with Crippen LogP contribution in [0.15, 0.2) is 59.5 Å². The van der Waals surface area contributed by atoms with Crippen molar-refractivity contribution in [2.45, 2.75) is 76.4 Å². The smallest absolute Gasteiger partial charge is 0.264 e. The number of amides is 2. The Morgan fingerprint density at radius 1 is 0.935 bits per heavy atom. The number of benzene rings is 3. The highest BCUT2D eigenvalue weighted by atomic mass is 35.5. The number of sulfonamides is 1. The quantitative estimate of drug-likeness (QED) is 0.214. The highest BCUT2D eigenvalue weighted by Crippen LogP contribution is 2.34. The molecule has 248 valence electrons. The normalized spacial score (nSPS) is 14.1. The number of rotatable bonds is 13. The second kappa shape index (κ2) is 15.4. The Morgan fingerprint density at radius 2 is 1.54 bits per heavy atom. The number of anilines is 1. The highest BCUT2D eigenvalue weighted by Gasteiger charge is 2.35. The molecule has 0 spiro atoms. The van der Waals surface area contributed by atoms with Crippen molar-refractivity contribution in [3.63, 3.8) is 0 Å². The fourth-order valence-corrected chi connectivity index (χ4v) is 7.80. The summed E-state index contributed by atoms with van der Waals surface area (Å²) in [6.45, 7) is 4.84. The summed E-state index contributed by atoms with van der Waals surface area (Å²) in [5.74, 6) is -0.309. The van der Waals surface area contributed by atoms with Crippen molar-refractivity contribution in [3.8, 4) is 11.5 Å². The van der Waals surface area contributed by atoms with Gasteiger partial charge in [-0.1, -0.05) is 55.1 Å². The number of ether oxygens (including phenoxy) is 2. The van der Waals surface area contributed by atoms with Crippen LogP contribution in [0, 0.1) is 13.8 Å². The van der Waals surface area contributed by atoms with Crippen molar-refractivity contribution < 1.29 is 27.5 Å². The third-order valence-electron chi connectivity index (χ3n) is 8.19. The molecule has 0 bridgehead atoms. The number of nitrogens with one attached hydrogen (secondary N) is 1. The molecule has 2 amide bonds. The summed E-state index contributed by atoms with van der Waals surface area (Å²) >= 11 is 13.1. The van der Waals surface area contributed by atoms with Crippen molar-refractivity contribution in [3.05, 3.63) is 81.3 Å². The minimum atomic E-state index is -4.34. The second-order valence-corrected chi connectivity index (χ2v) is 14.2. The van der Waals surface area contributed by atoms with Crippen molar-refractivity contribution in [2.24, 2.45) is 0 Å². The lowest BCUT2D eigenvalue weighted by Gasteiger charge is -2.34. The van der Waals surface area contributed by atoms with Crippen LogP contribution in [0.4, 0.5) is 5.69 Å². The number of carbonyl (C=O) groups is 2. The second-order valence-electron chi connectivity index (χ2n) is 11.5. The first kappa shape index (κ1) is 35.4. The monoisotopic (exact) mass is 689 g/mol. The summed E-state index contributed by atoms with van der Waals surface area (Å²) in [4.78, 5) is 29.5. The molecule has 1 aliphatic rings. The summed E-state index contributed by atoms with van der Waals surface area (Å²) in [5.41, 5.74) is 2.40. The van der Waals surface area contributed by atoms with Gasteiger partial charge in [-0.3, -0.25) is 13.9 Å². The van der Waals surface area contributed by atoms with E-state index in [2.05, 4.69) is 5.32 Å². The molecule has 1 N–H and O–H groups in total. The van der Waals surface area contributed by atoms with Crippen LogP contribution < -0.4 is 19.1 Å². The predicted molar refractivity (Wildman–Crippen MR) is 181 cm³/mol. The van der Waals surface area contributed by atoms with E-state index in [0.29, 0.717) is 33.5 Å². The Morgan fingerprint density at radius 3 is 2.11 bits per heavy atom. The van der Waals surface area contributed by atoms with Gasteiger partial charge in [0, 0.05) is 34.3 Å². The van der Waals surface area contributed by atoms with Crippen LogP contribution in [-0.4, -0.2) is 58.0 Å². The Hall–Kier alpha value is -3.47. The molecule has 9 nitrogen and oxygen atoms in total. The minimum Gasteiger partial charge on any atom is -0.493 e. The molecule has 1 atom stereocenters. The summed E-state index contributed by atoms with van der Waals surface area (Å²) in [6, 6.07) is 13.7. The zero-order valence-electron chi connectivity index (χ0n) is 26.8. The third-order valence-corrected chi connectivity index (χ3v) is 10.7. The lowest BCUT2D eigenvalue weighted by atomic mass is 10.1. The first-order chi connectivity index (χ1) is 21.9. The summed E-state index contributed by atoms with van der Waals surface area (Å²) < 4.78 is 40.5. The van der Waals surface area contributed by atoms with Gasteiger partial charge in [0.15, 0.2) is 11.5 Å². The zero-order valence-corrected chi connectivity index (χ0v) is 29.1. The molecule has 4 rings (SSSR count). The molecule has 1 aliphatic carbocycles. The molecule has 1 fully saturated rings. The van der Waals surface area contributed by atoms with E-state index in [9.17, 15) is 18.0 Å². The van der Waals surface area contributed by atoms with Crippen LogP contribution >= 0.6 is 23.2 Å². The van der Waals surface area contributed by atoms with Gasteiger partial charge >= 0.3 is 0 Å². The molecular weight excluding hydrogens is 649 g/mol. The summed E-state index contributed by atoms with van der Waals surface area (Å²) in [5, 5.41) is 3.77. The number of hydrogen-bond acceptors (Lipinski definition) is 6. The van der Waals surface area contributed by atoms with Crippen molar-refractivity contribution in [2.75, 3.05) is 25.1 Å². The lowest BCUT2D eigenvalue weighted by Crippen LogP contribution is -2.53. The Labute approximate surface area is 281 Å². The average molecular weight is 691 g/mol. The molecule has 3 aromatic carbocycles.